The Morgan fingerprint density at radius 3 is 2.59 bits per heavy atom. The van der Waals surface area contributed by atoms with Crippen LogP contribution in [0, 0.1) is 0 Å². The second-order valence-electron chi connectivity index (χ2n) is 5.46. The Kier molecular flexibility index (Phi) is 6.90. The maximum absolute atomic E-state index is 12.1. The number of carbonyl (C=O) groups excluding carboxylic acids is 1. The predicted octanol–water partition coefficient (Wildman–Crippen LogP) is 3.50. The normalized spacial score (nSPS) is 15.4. The molecule has 0 aromatic heterocycles. The Morgan fingerprint density at radius 1 is 1.18 bits per heavy atom. The van der Waals surface area contributed by atoms with Crippen LogP contribution >= 0.6 is 11.8 Å². The summed E-state index contributed by atoms with van der Waals surface area (Å²) in [4.78, 5) is 12.1. The summed E-state index contributed by atoms with van der Waals surface area (Å²) in [6.07, 6.45) is 6.75. The van der Waals surface area contributed by atoms with Crippen LogP contribution in [0.25, 0.3) is 0 Å². The number of methoxy groups -OCH3 is 2. The van der Waals surface area contributed by atoms with Crippen molar-refractivity contribution < 1.29 is 14.3 Å². The zero-order valence-electron chi connectivity index (χ0n) is 13.4. The number of ether oxygens (including phenoxy) is 2. The molecule has 1 fully saturated rings. The Balaban J connectivity index is 1.77. The minimum atomic E-state index is -0.0646. The van der Waals surface area contributed by atoms with Crippen molar-refractivity contribution in [3.8, 4) is 11.5 Å². The molecule has 0 unspecified atom stereocenters. The van der Waals surface area contributed by atoms with Gasteiger partial charge in [0.2, 0.25) is 0 Å². The maximum atomic E-state index is 12.1. The first-order valence-corrected chi connectivity index (χ1v) is 8.91. The van der Waals surface area contributed by atoms with Crippen LogP contribution in [-0.2, 0) is 0 Å². The average molecular weight is 323 g/mol. The number of carbonyl (C=O) groups is 1. The topological polar surface area (TPSA) is 47.6 Å². The monoisotopic (exact) mass is 323 g/mol. The summed E-state index contributed by atoms with van der Waals surface area (Å²) in [6.45, 7) is 0.703. The summed E-state index contributed by atoms with van der Waals surface area (Å²) in [7, 11) is 3.15. The molecule has 0 radical (unpaired) electrons. The second kappa shape index (κ2) is 8.93. The van der Waals surface area contributed by atoms with Crippen LogP contribution in [0.5, 0.6) is 11.5 Å². The van der Waals surface area contributed by atoms with Crippen LogP contribution in [-0.4, -0.2) is 37.7 Å². The van der Waals surface area contributed by atoms with E-state index < -0.39 is 0 Å². The lowest BCUT2D eigenvalue weighted by molar-refractivity contribution is 0.0955. The van der Waals surface area contributed by atoms with Gasteiger partial charge in [-0.1, -0.05) is 19.3 Å². The van der Waals surface area contributed by atoms with Crippen LogP contribution in [0.1, 0.15) is 42.5 Å². The van der Waals surface area contributed by atoms with Crippen LogP contribution < -0.4 is 14.8 Å². The Labute approximate surface area is 137 Å². The lowest BCUT2D eigenvalue weighted by atomic mass is 10.0. The SMILES string of the molecule is COc1ccc(C(=O)NCCSC2CCCCC2)cc1OC. The molecular weight excluding hydrogens is 298 g/mol. The van der Waals surface area contributed by atoms with Crippen molar-refractivity contribution in [3.05, 3.63) is 23.8 Å². The lowest BCUT2D eigenvalue weighted by Gasteiger charge is -2.20. The third kappa shape index (κ3) is 4.83. The Morgan fingerprint density at radius 2 is 1.91 bits per heavy atom. The van der Waals surface area contributed by atoms with E-state index in [9.17, 15) is 4.79 Å². The molecule has 1 aliphatic rings. The first kappa shape index (κ1) is 17.0. The third-order valence-electron chi connectivity index (χ3n) is 3.94. The summed E-state index contributed by atoms with van der Waals surface area (Å²) < 4.78 is 10.4. The van der Waals surface area contributed by atoms with Gasteiger partial charge < -0.3 is 14.8 Å². The number of amides is 1. The fourth-order valence-corrected chi connectivity index (χ4v) is 3.92. The number of benzene rings is 1. The summed E-state index contributed by atoms with van der Waals surface area (Å²) in [6, 6.07) is 5.22. The van der Waals surface area contributed by atoms with E-state index in [0.29, 0.717) is 23.6 Å². The molecule has 122 valence electrons. The second-order valence-corrected chi connectivity index (χ2v) is 6.86. The fraction of sp³-hybridized carbons (Fsp3) is 0.588. The zero-order chi connectivity index (χ0) is 15.8. The zero-order valence-corrected chi connectivity index (χ0v) is 14.2. The Hall–Kier alpha value is -1.36. The highest BCUT2D eigenvalue weighted by molar-refractivity contribution is 7.99. The van der Waals surface area contributed by atoms with E-state index in [4.69, 9.17) is 9.47 Å². The molecule has 1 aromatic carbocycles. The highest BCUT2D eigenvalue weighted by atomic mass is 32.2. The predicted molar refractivity (Wildman–Crippen MR) is 91.2 cm³/mol. The quantitative estimate of drug-likeness (QED) is 0.780. The fourth-order valence-electron chi connectivity index (χ4n) is 2.70. The molecule has 5 heteroatoms. The molecule has 22 heavy (non-hydrogen) atoms. The number of rotatable bonds is 7. The van der Waals surface area contributed by atoms with Gasteiger partial charge in [-0.25, -0.2) is 0 Å². The molecular formula is C17H25NO3S. The molecule has 0 bridgehead atoms. The van der Waals surface area contributed by atoms with Crippen molar-refractivity contribution in [2.45, 2.75) is 37.4 Å². The summed E-state index contributed by atoms with van der Waals surface area (Å²) in [5, 5.41) is 3.76. The number of thioether (sulfide) groups is 1. The standard InChI is InChI=1S/C17H25NO3S/c1-20-15-9-8-13(12-16(15)21-2)17(19)18-10-11-22-14-6-4-3-5-7-14/h8-9,12,14H,3-7,10-11H2,1-2H3,(H,18,19). The van der Waals surface area contributed by atoms with Gasteiger partial charge in [-0.15, -0.1) is 0 Å². The van der Waals surface area contributed by atoms with Crippen LogP contribution in [0.3, 0.4) is 0 Å². The summed E-state index contributed by atoms with van der Waals surface area (Å²) in [5.41, 5.74) is 0.598. The van der Waals surface area contributed by atoms with E-state index in [-0.39, 0.29) is 5.91 Å². The van der Waals surface area contributed by atoms with Gasteiger partial charge in [0.25, 0.3) is 5.91 Å². The van der Waals surface area contributed by atoms with Crippen molar-refractivity contribution in [2.24, 2.45) is 0 Å². The molecule has 4 nitrogen and oxygen atoms in total. The van der Waals surface area contributed by atoms with Crippen molar-refractivity contribution >= 4 is 17.7 Å². The van der Waals surface area contributed by atoms with Gasteiger partial charge in [-0.2, -0.15) is 11.8 Å². The molecule has 1 aromatic rings. The van der Waals surface area contributed by atoms with E-state index in [1.807, 2.05) is 11.8 Å². The van der Waals surface area contributed by atoms with E-state index in [0.717, 1.165) is 11.0 Å². The maximum Gasteiger partial charge on any atom is 0.251 e. The van der Waals surface area contributed by atoms with E-state index in [1.54, 1.807) is 32.4 Å². The molecule has 0 atom stereocenters. The number of nitrogens with one attached hydrogen (secondary N) is 1. The third-order valence-corrected chi connectivity index (χ3v) is 5.32. The molecule has 1 amide bonds. The Bertz CT molecular complexity index is 487. The van der Waals surface area contributed by atoms with E-state index in [2.05, 4.69) is 5.32 Å². The average Bonchev–Trinajstić information content (AvgIpc) is 2.58. The smallest absolute Gasteiger partial charge is 0.251 e. The summed E-state index contributed by atoms with van der Waals surface area (Å²) in [5.74, 6) is 2.12. The number of hydrogen-bond acceptors (Lipinski definition) is 4. The van der Waals surface area contributed by atoms with Gasteiger partial charge in [0.05, 0.1) is 14.2 Å². The molecule has 0 heterocycles. The highest BCUT2D eigenvalue weighted by Gasteiger charge is 2.14. The first-order chi connectivity index (χ1) is 10.7. The molecule has 1 aliphatic carbocycles. The van der Waals surface area contributed by atoms with Crippen molar-refractivity contribution in [2.75, 3.05) is 26.5 Å². The molecule has 0 aliphatic heterocycles. The van der Waals surface area contributed by atoms with Crippen LogP contribution in [0.15, 0.2) is 18.2 Å². The van der Waals surface area contributed by atoms with Gasteiger partial charge >= 0.3 is 0 Å². The van der Waals surface area contributed by atoms with Gasteiger partial charge in [0, 0.05) is 23.1 Å². The van der Waals surface area contributed by atoms with Crippen molar-refractivity contribution in [1.29, 1.82) is 0 Å². The number of hydrogen-bond donors (Lipinski definition) is 1. The highest BCUT2D eigenvalue weighted by Crippen LogP contribution is 2.28. The minimum Gasteiger partial charge on any atom is -0.493 e. The van der Waals surface area contributed by atoms with Gasteiger partial charge in [0.15, 0.2) is 11.5 Å². The van der Waals surface area contributed by atoms with Gasteiger partial charge in [-0.3, -0.25) is 4.79 Å². The van der Waals surface area contributed by atoms with Gasteiger partial charge in [0.1, 0.15) is 0 Å². The lowest BCUT2D eigenvalue weighted by Crippen LogP contribution is -2.26. The van der Waals surface area contributed by atoms with Crippen LogP contribution in [0.4, 0.5) is 0 Å². The van der Waals surface area contributed by atoms with Crippen LogP contribution in [0.2, 0.25) is 0 Å². The van der Waals surface area contributed by atoms with Crippen molar-refractivity contribution in [1.82, 2.24) is 5.32 Å². The summed E-state index contributed by atoms with van der Waals surface area (Å²) >= 11 is 1.99. The molecule has 0 saturated heterocycles. The first-order valence-electron chi connectivity index (χ1n) is 7.86. The molecule has 1 saturated carbocycles. The minimum absolute atomic E-state index is 0.0646. The molecule has 0 spiro atoms. The molecule has 1 N–H and O–H groups in total. The van der Waals surface area contributed by atoms with Crippen molar-refractivity contribution in [3.63, 3.8) is 0 Å². The molecule has 2 rings (SSSR count). The largest absolute Gasteiger partial charge is 0.493 e. The van der Waals surface area contributed by atoms with E-state index in [1.165, 1.54) is 32.1 Å². The van der Waals surface area contributed by atoms with E-state index >= 15 is 0 Å². The van der Waals surface area contributed by atoms with Gasteiger partial charge in [-0.05, 0) is 31.0 Å².